The molecule has 0 radical (unpaired) electrons. The molecule has 1 aliphatic heterocycles. The summed E-state index contributed by atoms with van der Waals surface area (Å²) in [6, 6.07) is 7.61. The molecule has 1 saturated heterocycles. The molecule has 1 heterocycles. The number of carbonyl (C=O) groups excluding carboxylic acids is 2. The fourth-order valence-electron chi connectivity index (χ4n) is 2.69. The van der Waals surface area contributed by atoms with Gasteiger partial charge in [-0.3, -0.25) is 9.59 Å². The van der Waals surface area contributed by atoms with Gasteiger partial charge >= 0.3 is 0 Å². The molecule has 0 saturated carbocycles. The Labute approximate surface area is 132 Å². The number of hydrogen-bond donors (Lipinski definition) is 1. The van der Waals surface area contributed by atoms with Crippen LogP contribution in [0.15, 0.2) is 24.3 Å². The van der Waals surface area contributed by atoms with Crippen LogP contribution in [0, 0.1) is 6.92 Å². The van der Waals surface area contributed by atoms with E-state index in [2.05, 4.69) is 0 Å². The molecule has 0 atom stereocenters. The lowest BCUT2D eigenvalue weighted by atomic mass is 10.1. The summed E-state index contributed by atoms with van der Waals surface area (Å²) in [5, 5.41) is 0. The first kappa shape index (κ1) is 16.5. The Morgan fingerprint density at radius 1 is 1.09 bits per heavy atom. The molecular formula is C17H25N3O2. The van der Waals surface area contributed by atoms with Crippen molar-refractivity contribution in [2.75, 3.05) is 26.2 Å². The van der Waals surface area contributed by atoms with E-state index in [1.54, 1.807) is 18.7 Å². The molecule has 1 aromatic rings. The van der Waals surface area contributed by atoms with Crippen molar-refractivity contribution < 1.29 is 9.59 Å². The van der Waals surface area contributed by atoms with Gasteiger partial charge in [0, 0.05) is 31.7 Å². The van der Waals surface area contributed by atoms with Crippen molar-refractivity contribution in [2.45, 2.75) is 32.7 Å². The number of nitrogens with zero attached hydrogens (tertiary/aromatic N) is 2. The first-order valence-corrected chi connectivity index (χ1v) is 7.73. The Kier molecular flexibility index (Phi) is 4.86. The molecule has 1 aromatic carbocycles. The van der Waals surface area contributed by atoms with Crippen LogP contribution in [0.2, 0.25) is 0 Å². The van der Waals surface area contributed by atoms with E-state index in [4.69, 9.17) is 5.73 Å². The minimum absolute atomic E-state index is 0.0324. The lowest BCUT2D eigenvalue weighted by molar-refractivity contribution is -0.135. The Morgan fingerprint density at radius 2 is 1.73 bits per heavy atom. The van der Waals surface area contributed by atoms with Gasteiger partial charge in [-0.15, -0.1) is 0 Å². The van der Waals surface area contributed by atoms with Crippen LogP contribution in [-0.4, -0.2) is 53.3 Å². The molecule has 120 valence electrons. The Bertz CT molecular complexity index is 563. The minimum Gasteiger partial charge on any atom is -0.339 e. The van der Waals surface area contributed by atoms with Crippen LogP contribution in [0.1, 0.15) is 36.2 Å². The Hall–Kier alpha value is -1.88. The van der Waals surface area contributed by atoms with Crippen molar-refractivity contribution in [3.63, 3.8) is 0 Å². The number of nitrogens with two attached hydrogens (primary N) is 1. The van der Waals surface area contributed by atoms with Crippen LogP contribution in [0.4, 0.5) is 0 Å². The van der Waals surface area contributed by atoms with Crippen molar-refractivity contribution in [1.29, 1.82) is 0 Å². The molecule has 2 rings (SSSR count). The van der Waals surface area contributed by atoms with Gasteiger partial charge in [0.25, 0.3) is 5.91 Å². The highest BCUT2D eigenvalue weighted by molar-refractivity contribution is 5.94. The molecular weight excluding hydrogens is 278 g/mol. The first-order chi connectivity index (χ1) is 10.3. The van der Waals surface area contributed by atoms with Crippen molar-refractivity contribution in [3.05, 3.63) is 35.4 Å². The lowest BCUT2D eigenvalue weighted by Crippen LogP contribution is -2.52. The van der Waals surface area contributed by atoms with E-state index in [-0.39, 0.29) is 11.8 Å². The first-order valence-electron chi connectivity index (χ1n) is 7.73. The van der Waals surface area contributed by atoms with Crippen LogP contribution in [0.5, 0.6) is 0 Å². The molecule has 0 unspecified atom stereocenters. The molecule has 22 heavy (non-hydrogen) atoms. The largest absolute Gasteiger partial charge is 0.339 e. The number of aryl methyl sites for hydroxylation is 1. The molecule has 2 amide bonds. The fraction of sp³-hybridized carbons (Fsp3) is 0.529. The van der Waals surface area contributed by atoms with Gasteiger partial charge < -0.3 is 15.5 Å². The number of amides is 2. The van der Waals surface area contributed by atoms with Gasteiger partial charge in [0.05, 0.1) is 5.54 Å². The molecule has 1 fully saturated rings. The summed E-state index contributed by atoms with van der Waals surface area (Å²) < 4.78 is 0. The van der Waals surface area contributed by atoms with Gasteiger partial charge in [0.15, 0.2) is 0 Å². The second-order valence-electron chi connectivity index (χ2n) is 6.53. The zero-order valence-electron chi connectivity index (χ0n) is 13.6. The molecule has 2 N–H and O–H groups in total. The van der Waals surface area contributed by atoms with E-state index >= 15 is 0 Å². The molecule has 0 spiro atoms. The third-order valence-electron chi connectivity index (χ3n) is 3.89. The second kappa shape index (κ2) is 6.48. The number of hydrogen-bond acceptors (Lipinski definition) is 3. The van der Waals surface area contributed by atoms with Crippen molar-refractivity contribution in [2.24, 2.45) is 5.73 Å². The highest BCUT2D eigenvalue weighted by atomic mass is 16.2. The van der Waals surface area contributed by atoms with Crippen LogP contribution in [-0.2, 0) is 4.79 Å². The van der Waals surface area contributed by atoms with Crippen molar-refractivity contribution in [1.82, 2.24) is 9.80 Å². The quantitative estimate of drug-likeness (QED) is 0.898. The second-order valence-corrected chi connectivity index (χ2v) is 6.53. The van der Waals surface area contributed by atoms with Gasteiger partial charge in [-0.05, 0) is 39.3 Å². The molecule has 1 aliphatic rings. The molecule has 5 heteroatoms. The zero-order chi connectivity index (χ0) is 16.3. The van der Waals surface area contributed by atoms with Crippen molar-refractivity contribution >= 4 is 11.8 Å². The standard InChI is InChI=1S/C17H25N3O2/c1-13-6-4-7-14(12-13)15(21)19-8-5-9-20(11-10-19)16(22)17(2,3)18/h4,6-7,12H,5,8-11,18H2,1-3H3. The summed E-state index contributed by atoms with van der Waals surface area (Å²) in [4.78, 5) is 28.4. The third-order valence-corrected chi connectivity index (χ3v) is 3.89. The van der Waals surface area contributed by atoms with Crippen LogP contribution in [0.25, 0.3) is 0 Å². The van der Waals surface area contributed by atoms with E-state index in [0.717, 1.165) is 12.0 Å². The van der Waals surface area contributed by atoms with Gasteiger partial charge in [-0.2, -0.15) is 0 Å². The molecule has 5 nitrogen and oxygen atoms in total. The summed E-state index contributed by atoms with van der Waals surface area (Å²) >= 11 is 0. The van der Waals surface area contributed by atoms with Gasteiger partial charge in [-0.1, -0.05) is 17.7 Å². The normalized spacial score (nSPS) is 16.4. The fourth-order valence-corrected chi connectivity index (χ4v) is 2.69. The lowest BCUT2D eigenvalue weighted by Gasteiger charge is -2.28. The van der Waals surface area contributed by atoms with Gasteiger partial charge in [-0.25, -0.2) is 0 Å². The van der Waals surface area contributed by atoms with Gasteiger partial charge in [0.2, 0.25) is 5.91 Å². The van der Waals surface area contributed by atoms with E-state index in [9.17, 15) is 9.59 Å². The topological polar surface area (TPSA) is 66.6 Å². The highest BCUT2D eigenvalue weighted by Crippen LogP contribution is 2.13. The van der Waals surface area contributed by atoms with Crippen LogP contribution < -0.4 is 5.73 Å². The SMILES string of the molecule is Cc1cccc(C(=O)N2CCCN(C(=O)C(C)(C)N)CC2)c1. The molecule has 0 bridgehead atoms. The summed E-state index contributed by atoms with van der Waals surface area (Å²) in [6.45, 7) is 7.82. The Balaban J connectivity index is 2.04. The predicted molar refractivity (Wildman–Crippen MR) is 86.5 cm³/mol. The average molecular weight is 303 g/mol. The number of carbonyl (C=O) groups is 2. The zero-order valence-corrected chi connectivity index (χ0v) is 13.6. The summed E-state index contributed by atoms with van der Waals surface area (Å²) in [5.74, 6) is -0.0256. The summed E-state index contributed by atoms with van der Waals surface area (Å²) in [5.41, 5.74) is 6.80. The summed E-state index contributed by atoms with van der Waals surface area (Å²) in [6.07, 6.45) is 0.777. The van der Waals surface area contributed by atoms with Crippen LogP contribution in [0.3, 0.4) is 0 Å². The highest BCUT2D eigenvalue weighted by Gasteiger charge is 2.30. The van der Waals surface area contributed by atoms with Gasteiger partial charge in [0.1, 0.15) is 0 Å². The van der Waals surface area contributed by atoms with E-state index in [1.807, 2.05) is 36.1 Å². The monoisotopic (exact) mass is 303 g/mol. The maximum Gasteiger partial charge on any atom is 0.253 e. The van der Waals surface area contributed by atoms with E-state index in [0.29, 0.717) is 31.7 Å². The van der Waals surface area contributed by atoms with E-state index in [1.165, 1.54) is 0 Å². The number of benzene rings is 1. The average Bonchev–Trinajstić information content (AvgIpc) is 2.70. The predicted octanol–water partition coefficient (Wildman–Crippen LogP) is 1.41. The molecule has 0 aromatic heterocycles. The molecule has 0 aliphatic carbocycles. The van der Waals surface area contributed by atoms with Crippen LogP contribution >= 0.6 is 0 Å². The maximum absolute atomic E-state index is 12.6. The number of rotatable bonds is 2. The maximum atomic E-state index is 12.6. The van der Waals surface area contributed by atoms with Crippen molar-refractivity contribution in [3.8, 4) is 0 Å². The van der Waals surface area contributed by atoms with E-state index < -0.39 is 5.54 Å². The smallest absolute Gasteiger partial charge is 0.253 e. The summed E-state index contributed by atoms with van der Waals surface area (Å²) in [7, 11) is 0. The Morgan fingerprint density at radius 3 is 2.36 bits per heavy atom. The minimum atomic E-state index is -0.865. The third kappa shape index (κ3) is 3.85.